The number of nitrogens with two attached hydrogens (primary N) is 1. The van der Waals surface area contributed by atoms with Crippen LogP contribution in [0.4, 0.5) is 17.6 Å². The molecule has 2 rings (SSSR count). The normalized spacial score (nSPS) is 20.3. The molecule has 5 nitrogen and oxygen atoms in total. The molecule has 0 aliphatic carbocycles. The molecule has 0 saturated carbocycles. The van der Waals surface area contributed by atoms with Crippen LogP contribution in [0.2, 0.25) is 0 Å². The third kappa shape index (κ3) is 2.29. The highest BCUT2D eigenvalue weighted by molar-refractivity contribution is 9.10. The molecule has 0 saturated heterocycles. The van der Waals surface area contributed by atoms with Crippen LogP contribution in [0.5, 0.6) is 11.5 Å². The van der Waals surface area contributed by atoms with Crippen LogP contribution in [0.1, 0.15) is 11.6 Å². The van der Waals surface area contributed by atoms with Crippen molar-refractivity contribution in [2.24, 2.45) is 5.73 Å². The van der Waals surface area contributed by atoms with Crippen LogP contribution in [-0.2, 0) is 4.79 Å². The lowest BCUT2D eigenvalue weighted by atomic mass is 10.1. The maximum Gasteiger partial charge on any atom is 0.507 e. The molecular formula is C10H6BrF4NO4. The SMILES string of the molecule is NC(C(=O)O)c1cc2c(cc1Br)OC(F)(F)C(F)(F)O2. The van der Waals surface area contributed by atoms with Gasteiger partial charge < -0.3 is 20.3 Å². The lowest BCUT2D eigenvalue weighted by molar-refractivity contribution is -0.391. The van der Waals surface area contributed by atoms with Crippen molar-refractivity contribution in [1.29, 1.82) is 0 Å². The molecule has 3 N–H and O–H groups in total. The monoisotopic (exact) mass is 359 g/mol. The van der Waals surface area contributed by atoms with Gasteiger partial charge in [0.15, 0.2) is 11.5 Å². The Morgan fingerprint density at radius 3 is 2.10 bits per heavy atom. The summed E-state index contributed by atoms with van der Waals surface area (Å²) in [6, 6.07) is 0.146. The summed E-state index contributed by atoms with van der Waals surface area (Å²) in [6.07, 6.45) is -9.71. The summed E-state index contributed by atoms with van der Waals surface area (Å²) in [5.74, 6) is -2.82. The van der Waals surface area contributed by atoms with Gasteiger partial charge in [-0.2, -0.15) is 17.6 Å². The second kappa shape index (κ2) is 4.48. The minimum absolute atomic E-state index is 0.00997. The Labute approximate surface area is 117 Å². The van der Waals surface area contributed by atoms with Crippen molar-refractivity contribution in [3.8, 4) is 11.5 Å². The van der Waals surface area contributed by atoms with Crippen molar-refractivity contribution in [3.05, 3.63) is 22.2 Å². The summed E-state index contributed by atoms with van der Waals surface area (Å²) >= 11 is 2.90. The van der Waals surface area contributed by atoms with Gasteiger partial charge in [-0.3, -0.25) is 4.79 Å². The van der Waals surface area contributed by atoms with Crippen LogP contribution in [0.25, 0.3) is 0 Å². The highest BCUT2D eigenvalue weighted by Gasteiger charge is 2.66. The van der Waals surface area contributed by atoms with Crippen LogP contribution < -0.4 is 15.2 Å². The fourth-order valence-electron chi connectivity index (χ4n) is 1.48. The van der Waals surface area contributed by atoms with Gasteiger partial charge in [-0.1, -0.05) is 15.9 Å². The van der Waals surface area contributed by atoms with E-state index in [0.29, 0.717) is 0 Å². The summed E-state index contributed by atoms with van der Waals surface area (Å²) in [5, 5.41) is 8.76. The molecule has 1 aromatic carbocycles. The van der Waals surface area contributed by atoms with Gasteiger partial charge in [-0.05, 0) is 17.7 Å². The summed E-state index contributed by atoms with van der Waals surface area (Å²) in [7, 11) is 0. The molecule has 1 aromatic rings. The average Bonchev–Trinajstić information content (AvgIpc) is 2.29. The molecule has 1 aliphatic heterocycles. The number of benzene rings is 1. The van der Waals surface area contributed by atoms with Crippen LogP contribution in [0, 0.1) is 0 Å². The van der Waals surface area contributed by atoms with E-state index in [1.165, 1.54) is 0 Å². The Bertz CT molecular complexity index is 581. The zero-order valence-electron chi connectivity index (χ0n) is 9.37. The van der Waals surface area contributed by atoms with E-state index < -0.39 is 35.7 Å². The van der Waals surface area contributed by atoms with Gasteiger partial charge in [0.2, 0.25) is 0 Å². The van der Waals surface area contributed by atoms with Gasteiger partial charge in [0, 0.05) is 4.47 Å². The van der Waals surface area contributed by atoms with Crippen LogP contribution in [-0.4, -0.2) is 23.3 Å². The minimum atomic E-state index is -4.88. The van der Waals surface area contributed by atoms with E-state index in [1.807, 2.05) is 0 Å². The van der Waals surface area contributed by atoms with Crippen molar-refractivity contribution in [1.82, 2.24) is 0 Å². The Kier molecular flexibility index (Phi) is 3.33. The lowest BCUT2D eigenvalue weighted by Crippen LogP contribution is -2.52. The van der Waals surface area contributed by atoms with E-state index in [0.717, 1.165) is 12.1 Å². The molecule has 1 heterocycles. The topological polar surface area (TPSA) is 81.8 Å². The van der Waals surface area contributed by atoms with E-state index in [1.54, 1.807) is 0 Å². The maximum absolute atomic E-state index is 13.0. The molecule has 0 radical (unpaired) electrons. The molecule has 20 heavy (non-hydrogen) atoms. The smallest absolute Gasteiger partial charge is 0.480 e. The van der Waals surface area contributed by atoms with Gasteiger partial charge in [0.1, 0.15) is 6.04 Å². The molecule has 0 aromatic heterocycles. The molecule has 1 atom stereocenters. The van der Waals surface area contributed by atoms with Gasteiger partial charge in [-0.15, -0.1) is 0 Å². The number of hydrogen-bond donors (Lipinski definition) is 2. The number of ether oxygens (including phenoxy) is 2. The highest BCUT2D eigenvalue weighted by Crippen LogP contribution is 2.48. The minimum Gasteiger partial charge on any atom is -0.480 e. The van der Waals surface area contributed by atoms with Crippen molar-refractivity contribution in [3.63, 3.8) is 0 Å². The fraction of sp³-hybridized carbons (Fsp3) is 0.300. The molecule has 110 valence electrons. The number of carbonyl (C=O) groups is 1. The quantitative estimate of drug-likeness (QED) is 0.792. The number of carboxylic acids is 1. The highest BCUT2D eigenvalue weighted by atomic mass is 79.9. The average molecular weight is 360 g/mol. The second-order valence-corrected chi connectivity index (χ2v) is 4.73. The number of aliphatic carboxylic acids is 1. The molecule has 0 fully saturated rings. The van der Waals surface area contributed by atoms with Gasteiger partial charge in [0.05, 0.1) is 0 Å². The number of halogens is 5. The summed E-state index contributed by atoms with van der Waals surface area (Å²) < 4.78 is 59.7. The number of hydrogen-bond acceptors (Lipinski definition) is 4. The van der Waals surface area contributed by atoms with Crippen LogP contribution >= 0.6 is 15.9 Å². The first-order valence-corrected chi connectivity index (χ1v) is 5.80. The standard InChI is InChI=1S/C10H6BrF4NO4/c11-4-2-6-5(1-3(4)7(16)8(17)18)19-9(12,13)10(14,15)20-6/h1-2,7H,16H2,(H,17,18). The zero-order valence-corrected chi connectivity index (χ0v) is 11.0. The van der Waals surface area contributed by atoms with Crippen LogP contribution in [0.15, 0.2) is 16.6 Å². The van der Waals surface area contributed by atoms with E-state index in [4.69, 9.17) is 10.8 Å². The van der Waals surface area contributed by atoms with Crippen molar-refractivity contribution >= 4 is 21.9 Å². The van der Waals surface area contributed by atoms with E-state index in [9.17, 15) is 22.4 Å². The molecule has 10 heteroatoms. The van der Waals surface area contributed by atoms with Crippen molar-refractivity contribution in [2.75, 3.05) is 0 Å². The first-order valence-electron chi connectivity index (χ1n) is 5.00. The number of alkyl halides is 4. The van der Waals surface area contributed by atoms with Gasteiger partial charge in [-0.25, -0.2) is 0 Å². The Morgan fingerprint density at radius 2 is 1.65 bits per heavy atom. The molecular weight excluding hydrogens is 354 g/mol. The third-order valence-electron chi connectivity index (χ3n) is 2.48. The fourth-order valence-corrected chi connectivity index (χ4v) is 2.05. The van der Waals surface area contributed by atoms with E-state index in [2.05, 4.69) is 25.4 Å². The van der Waals surface area contributed by atoms with Gasteiger partial charge in [0.25, 0.3) is 0 Å². The maximum atomic E-state index is 13.0. The molecule has 0 bridgehead atoms. The predicted molar refractivity (Wildman–Crippen MR) is 59.9 cm³/mol. The molecule has 0 amide bonds. The lowest BCUT2D eigenvalue weighted by Gasteiger charge is -2.32. The van der Waals surface area contributed by atoms with Crippen molar-refractivity contribution in [2.45, 2.75) is 18.3 Å². The van der Waals surface area contributed by atoms with E-state index >= 15 is 0 Å². The Morgan fingerprint density at radius 1 is 1.20 bits per heavy atom. The number of rotatable bonds is 2. The zero-order chi connectivity index (χ0) is 15.3. The molecule has 1 aliphatic rings. The summed E-state index contributed by atoms with van der Waals surface area (Å²) in [5.41, 5.74) is 5.21. The Balaban J connectivity index is 2.50. The first-order chi connectivity index (χ1) is 9.05. The largest absolute Gasteiger partial charge is 0.507 e. The summed E-state index contributed by atoms with van der Waals surface area (Å²) in [6.45, 7) is 0. The molecule has 1 unspecified atom stereocenters. The van der Waals surface area contributed by atoms with Crippen molar-refractivity contribution < 1.29 is 36.9 Å². The number of fused-ring (bicyclic) bond motifs is 1. The van der Waals surface area contributed by atoms with Crippen LogP contribution in [0.3, 0.4) is 0 Å². The van der Waals surface area contributed by atoms with E-state index in [-0.39, 0.29) is 10.0 Å². The second-order valence-electron chi connectivity index (χ2n) is 3.87. The summed E-state index contributed by atoms with van der Waals surface area (Å²) in [4.78, 5) is 10.8. The third-order valence-corrected chi connectivity index (χ3v) is 3.17. The number of carboxylic acid groups (broad SMARTS) is 1. The predicted octanol–water partition coefficient (Wildman–Crippen LogP) is 2.49. The van der Waals surface area contributed by atoms with Gasteiger partial charge >= 0.3 is 18.2 Å². The Hall–Kier alpha value is -1.55. The molecule has 0 spiro atoms. The first kappa shape index (κ1) is 14.9.